The Morgan fingerprint density at radius 2 is 2.12 bits per heavy atom. The van der Waals surface area contributed by atoms with Crippen molar-refractivity contribution in [2.75, 3.05) is 0 Å². The number of nitrogens with zero attached hydrogens (tertiary/aromatic N) is 1. The van der Waals surface area contributed by atoms with E-state index in [2.05, 4.69) is 4.98 Å². The van der Waals surface area contributed by atoms with E-state index in [9.17, 15) is 4.79 Å². The number of rotatable bonds is 3. The summed E-state index contributed by atoms with van der Waals surface area (Å²) in [6.07, 6.45) is 4.91. The van der Waals surface area contributed by atoms with Crippen LogP contribution in [-0.2, 0) is 0 Å². The Morgan fingerprint density at radius 1 is 1.44 bits per heavy atom. The van der Waals surface area contributed by atoms with E-state index in [0.29, 0.717) is 5.25 Å². The summed E-state index contributed by atoms with van der Waals surface area (Å²) in [5, 5.41) is 10.4. The molecule has 1 aliphatic rings. The first kappa shape index (κ1) is 11.7. The van der Waals surface area contributed by atoms with Crippen molar-refractivity contribution in [1.82, 2.24) is 4.98 Å². The van der Waals surface area contributed by atoms with Crippen molar-refractivity contribution in [2.45, 2.75) is 36.0 Å². The minimum absolute atomic E-state index is 0.0512. The van der Waals surface area contributed by atoms with Crippen molar-refractivity contribution < 1.29 is 9.90 Å². The summed E-state index contributed by atoms with van der Waals surface area (Å²) in [4.78, 5) is 14.9. The van der Waals surface area contributed by atoms with Gasteiger partial charge in [0.05, 0.1) is 10.0 Å². The van der Waals surface area contributed by atoms with Crippen LogP contribution < -0.4 is 0 Å². The second-order valence-corrected chi connectivity index (χ2v) is 5.54. The summed E-state index contributed by atoms with van der Waals surface area (Å²) in [5.74, 6) is -1.07. The second-order valence-electron chi connectivity index (χ2n) is 3.81. The van der Waals surface area contributed by atoms with Gasteiger partial charge >= 0.3 is 5.97 Å². The lowest BCUT2D eigenvalue weighted by atomic mass is 10.3. The second kappa shape index (κ2) is 5.06. The lowest BCUT2D eigenvalue weighted by Crippen LogP contribution is -2.03. The summed E-state index contributed by atoms with van der Waals surface area (Å²) >= 11 is 7.41. The highest BCUT2D eigenvalue weighted by atomic mass is 35.5. The molecule has 1 saturated carbocycles. The molecule has 0 radical (unpaired) electrons. The van der Waals surface area contributed by atoms with Gasteiger partial charge in [-0.3, -0.25) is 0 Å². The van der Waals surface area contributed by atoms with Crippen molar-refractivity contribution in [3.05, 3.63) is 22.8 Å². The molecule has 0 spiro atoms. The average Bonchev–Trinajstić information content (AvgIpc) is 2.73. The molecule has 1 aromatic rings. The maximum absolute atomic E-state index is 10.9. The molecule has 86 valence electrons. The van der Waals surface area contributed by atoms with Gasteiger partial charge in [-0.2, -0.15) is 0 Å². The molecule has 0 saturated heterocycles. The lowest BCUT2D eigenvalue weighted by molar-refractivity contribution is 0.0690. The van der Waals surface area contributed by atoms with Crippen LogP contribution >= 0.6 is 23.4 Å². The van der Waals surface area contributed by atoms with Gasteiger partial charge in [0.2, 0.25) is 0 Å². The number of aromatic nitrogens is 1. The van der Waals surface area contributed by atoms with Gasteiger partial charge in [0.1, 0.15) is 0 Å². The highest BCUT2D eigenvalue weighted by Crippen LogP contribution is 2.34. The van der Waals surface area contributed by atoms with E-state index in [-0.39, 0.29) is 10.7 Å². The first-order chi connectivity index (χ1) is 7.66. The fourth-order valence-electron chi connectivity index (χ4n) is 1.82. The zero-order valence-electron chi connectivity index (χ0n) is 8.65. The van der Waals surface area contributed by atoms with Gasteiger partial charge in [-0.1, -0.05) is 24.4 Å². The Balaban J connectivity index is 2.15. The van der Waals surface area contributed by atoms with Crippen molar-refractivity contribution in [3.8, 4) is 0 Å². The van der Waals surface area contributed by atoms with Crippen molar-refractivity contribution in [3.63, 3.8) is 0 Å². The third-order valence-corrected chi connectivity index (χ3v) is 4.19. The lowest BCUT2D eigenvalue weighted by Gasteiger charge is -2.08. The molecule has 2 rings (SSSR count). The fraction of sp³-hybridized carbons (Fsp3) is 0.455. The van der Waals surface area contributed by atoms with Crippen LogP contribution in [0.25, 0.3) is 0 Å². The van der Waals surface area contributed by atoms with E-state index in [0.717, 1.165) is 5.03 Å². The molecule has 0 atom stereocenters. The quantitative estimate of drug-likeness (QED) is 0.901. The summed E-state index contributed by atoms with van der Waals surface area (Å²) in [6, 6.07) is 3.40. The van der Waals surface area contributed by atoms with Crippen LogP contribution in [0.1, 0.15) is 36.2 Å². The normalized spacial score (nSPS) is 16.6. The largest absolute Gasteiger partial charge is 0.476 e. The van der Waals surface area contributed by atoms with Crippen LogP contribution in [0.5, 0.6) is 0 Å². The van der Waals surface area contributed by atoms with Gasteiger partial charge in [-0.05, 0) is 25.0 Å². The highest BCUT2D eigenvalue weighted by Gasteiger charge is 2.18. The molecule has 0 aliphatic heterocycles. The number of thioether (sulfide) groups is 1. The van der Waals surface area contributed by atoms with Gasteiger partial charge in [0, 0.05) is 5.25 Å². The van der Waals surface area contributed by atoms with E-state index in [1.54, 1.807) is 23.9 Å². The van der Waals surface area contributed by atoms with Gasteiger partial charge < -0.3 is 5.11 Å². The molecule has 16 heavy (non-hydrogen) atoms. The van der Waals surface area contributed by atoms with E-state index < -0.39 is 5.97 Å². The number of hydrogen-bond donors (Lipinski definition) is 1. The minimum atomic E-state index is -1.07. The summed E-state index contributed by atoms with van der Waals surface area (Å²) < 4.78 is 0. The van der Waals surface area contributed by atoms with Crippen LogP contribution in [0.4, 0.5) is 0 Å². The molecule has 3 nitrogen and oxygen atoms in total. The molecule has 1 aromatic heterocycles. The number of carboxylic acid groups (broad SMARTS) is 1. The van der Waals surface area contributed by atoms with Crippen LogP contribution in [0.2, 0.25) is 5.02 Å². The van der Waals surface area contributed by atoms with Crippen LogP contribution in [0.15, 0.2) is 17.2 Å². The molecule has 1 heterocycles. The number of carbonyl (C=O) groups is 1. The highest BCUT2D eigenvalue weighted by molar-refractivity contribution is 7.99. The van der Waals surface area contributed by atoms with Crippen molar-refractivity contribution in [1.29, 1.82) is 0 Å². The molecule has 0 unspecified atom stereocenters. The number of carboxylic acids is 1. The monoisotopic (exact) mass is 257 g/mol. The Morgan fingerprint density at radius 3 is 2.75 bits per heavy atom. The predicted octanol–water partition coefficient (Wildman–Crippen LogP) is 3.47. The molecule has 0 bridgehead atoms. The Kier molecular flexibility index (Phi) is 3.71. The van der Waals surface area contributed by atoms with Gasteiger partial charge in [0.25, 0.3) is 0 Å². The molecule has 1 fully saturated rings. The smallest absolute Gasteiger partial charge is 0.356 e. The van der Waals surface area contributed by atoms with Crippen molar-refractivity contribution >= 4 is 29.3 Å². The first-order valence-electron chi connectivity index (χ1n) is 5.23. The maximum Gasteiger partial charge on any atom is 0.356 e. The fourth-order valence-corrected chi connectivity index (χ4v) is 3.20. The maximum atomic E-state index is 10.9. The molecule has 5 heteroatoms. The van der Waals surface area contributed by atoms with Gasteiger partial charge in [0.15, 0.2) is 5.69 Å². The van der Waals surface area contributed by atoms with E-state index >= 15 is 0 Å². The van der Waals surface area contributed by atoms with E-state index in [4.69, 9.17) is 16.7 Å². The number of pyridine rings is 1. The summed E-state index contributed by atoms with van der Waals surface area (Å²) in [6.45, 7) is 0. The number of hydrogen-bond acceptors (Lipinski definition) is 3. The Labute approximate surface area is 103 Å². The van der Waals surface area contributed by atoms with Gasteiger partial charge in [-0.25, -0.2) is 9.78 Å². The molecule has 1 aliphatic carbocycles. The number of aromatic carboxylic acids is 1. The summed E-state index contributed by atoms with van der Waals surface area (Å²) in [5.41, 5.74) is -0.0512. The van der Waals surface area contributed by atoms with Crippen LogP contribution in [-0.4, -0.2) is 21.3 Å². The number of halogens is 1. The SMILES string of the molecule is O=C(O)c1nc(SC2CCCC2)ccc1Cl. The Hall–Kier alpha value is -0.740. The van der Waals surface area contributed by atoms with Crippen LogP contribution in [0, 0.1) is 0 Å². The first-order valence-corrected chi connectivity index (χ1v) is 6.49. The third kappa shape index (κ3) is 2.68. The third-order valence-electron chi connectivity index (χ3n) is 2.61. The molecular weight excluding hydrogens is 246 g/mol. The topological polar surface area (TPSA) is 50.2 Å². The Bertz CT molecular complexity index is 405. The van der Waals surface area contributed by atoms with Crippen molar-refractivity contribution in [2.24, 2.45) is 0 Å². The van der Waals surface area contributed by atoms with Crippen LogP contribution in [0.3, 0.4) is 0 Å². The van der Waals surface area contributed by atoms with Gasteiger partial charge in [-0.15, -0.1) is 11.8 Å². The zero-order chi connectivity index (χ0) is 11.5. The van der Waals surface area contributed by atoms with E-state index in [1.165, 1.54) is 25.7 Å². The van der Waals surface area contributed by atoms with E-state index in [1.807, 2.05) is 0 Å². The minimum Gasteiger partial charge on any atom is -0.476 e. The molecule has 0 amide bonds. The standard InChI is InChI=1S/C11H12ClNO2S/c12-8-5-6-9(13-10(8)11(14)15)16-7-3-1-2-4-7/h5-7H,1-4H2,(H,14,15). The molecule has 1 N–H and O–H groups in total. The molecule has 0 aromatic carbocycles. The zero-order valence-corrected chi connectivity index (χ0v) is 10.2. The predicted molar refractivity (Wildman–Crippen MR) is 64.3 cm³/mol. The molecular formula is C11H12ClNO2S. The summed E-state index contributed by atoms with van der Waals surface area (Å²) in [7, 11) is 0. The average molecular weight is 258 g/mol.